The van der Waals surface area contributed by atoms with Crippen LogP contribution >= 0.6 is 15.9 Å². The van der Waals surface area contributed by atoms with E-state index >= 15 is 0 Å². The molecule has 13 heavy (non-hydrogen) atoms. The van der Waals surface area contributed by atoms with E-state index in [1.165, 1.54) is 0 Å². The van der Waals surface area contributed by atoms with Gasteiger partial charge in [0.05, 0.1) is 7.11 Å². The molecule has 4 heteroatoms. The fraction of sp³-hybridized carbons (Fsp3) is 0.333. The molecule has 1 rings (SSSR count). The van der Waals surface area contributed by atoms with Crippen LogP contribution in [0.25, 0.3) is 0 Å². The summed E-state index contributed by atoms with van der Waals surface area (Å²) in [4.78, 5) is 4.75. The number of hydrogen-bond donors (Lipinski definition) is 1. The third kappa shape index (κ3) is 2.21. The first-order valence-corrected chi connectivity index (χ1v) is 4.68. The number of hydrogen-bond acceptors (Lipinski definition) is 3. The van der Waals surface area contributed by atoms with Crippen LogP contribution in [-0.4, -0.2) is 7.11 Å². The number of nitrogens with two attached hydrogens (primary N) is 1. The van der Waals surface area contributed by atoms with E-state index in [0.29, 0.717) is 0 Å². The summed E-state index contributed by atoms with van der Waals surface area (Å²) in [6.07, 6.45) is -0.189. The lowest BCUT2D eigenvalue weighted by Gasteiger charge is -2.14. The molecule has 1 aromatic rings. The van der Waals surface area contributed by atoms with E-state index in [-0.39, 0.29) is 6.10 Å². The molecular weight excluding hydrogens is 234 g/mol. The fourth-order valence-corrected chi connectivity index (χ4v) is 1.83. The summed E-state index contributed by atoms with van der Waals surface area (Å²) in [5.41, 5.74) is 0.924. The van der Waals surface area contributed by atoms with Crippen molar-refractivity contribution in [1.82, 2.24) is 0 Å². The Hall–Kier alpha value is -0.580. The summed E-state index contributed by atoms with van der Waals surface area (Å²) in [5.74, 6) is 5.89. The fourth-order valence-electron chi connectivity index (χ4n) is 1.16. The van der Waals surface area contributed by atoms with Gasteiger partial charge in [-0.25, -0.2) is 5.90 Å². The Balaban J connectivity index is 3.14. The minimum Gasteiger partial charge on any atom is -0.496 e. The minimum atomic E-state index is -0.189. The molecule has 0 heterocycles. The Morgan fingerprint density at radius 2 is 2.15 bits per heavy atom. The van der Waals surface area contributed by atoms with Gasteiger partial charge in [-0.1, -0.05) is 22.0 Å². The number of methoxy groups -OCH3 is 1. The third-order valence-electron chi connectivity index (χ3n) is 1.84. The lowest BCUT2D eigenvalue weighted by molar-refractivity contribution is 0.0641. The lowest BCUT2D eigenvalue weighted by Crippen LogP contribution is -2.07. The topological polar surface area (TPSA) is 44.5 Å². The molecule has 0 bridgehead atoms. The van der Waals surface area contributed by atoms with Gasteiger partial charge in [-0.3, -0.25) is 4.84 Å². The summed E-state index contributed by atoms with van der Waals surface area (Å²) in [7, 11) is 1.62. The zero-order chi connectivity index (χ0) is 9.84. The van der Waals surface area contributed by atoms with Gasteiger partial charge in [0.25, 0.3) is 0 Å². The number of ether oxygens (including phenoxy) is 1. The minimum absolute atomic E-state index is 0.189. The molecule has 72 valence electrons. The van der Waals surface area contributed by atoms with E-state index in [0.717, 1.165) is 15.8 Å². The first-order valence-electron chi connectivity index (χ1n) is 3.88. The van der Waals surface area contributed by atoms with Crippen molar-refractivity contribution in [2.75, 3.05) is 7.11 Å². The molecule has 0 saturated carbocycles. The molecule has 1 aromatic carbocycles. The van der Waals surface area contributed by atoms with Gasteiger partial charge in [0, 0.05) is 10.0 Å². The molecular formula is C9H12BrNO2. The van der Waals surface area contributed by atoms with Crippen molar-refractivity contribution < 1.29 is 9.57 Å². The molecule has 1 unspecified atom stereocenters. The Morgan fingerprint density at radius 1 is 1.46 bits per heavy atom. The van der Waals surface area contributed by atoms with Crippen LogP contribution in [-0.2, 0) is 4.84 Å². The van der Waals surface area contributed by atoms with E-state index in [9.17, 15) is 0 Å². The normalized spacial score (nSPS) is 12.6. The standard InChI is InChI=1S/C9H12BrNO2/c1-6(13-11)9-7(10)4-3-5-8(9)12-2/h3-6H,11H2,1-2H3. The number of benzene rings is 1. The molecule has 0 aromatic heterocycles. The number of halogens is 1. The van der Waals surface area contributed by atoms with E-state index in [2.05, 4.69) is 15.9 Å². The van der Waals surface area contributed by atoms with E-state index in [4.69, 9.17) is 15.5 Å². The second kappa shape index (κ2) is 4.60. The first kappa shape index (κ1) is 10.5. The Bertz CT molecular complexity index is 291. The van der Waals surface area contributed by atoms with Gasteiger partial charge in [0.1, 0.15) is 11.9 Å². The molecule has 0 aliphatic rings. The van der Waals surface area contributed by atoms with Crippen LogP contribution in [0.2, 0.25) is 0 Å². The predicted molar refractivity (Wildman–Crippen MR) is 54.4 cm³/mol. The smallest absolute Gasteiger partial charge is 0.125 e. The molecule has 1 atom stereocenters. The molecule has 0 spiro atoms. The van der Waals surface area contributed by atoms with Crippen molar-refractivity contribution in [2.24, 2.45) is 5.90 Å². The second-order valence-electron chi connectivity index (χ2n) is 2.63. The van der Waals surface area contributed by atoms with Crippen LogP contribution in [0.3, 0.4) is 0 Å². The molecule has 0 amide bonds. The van der Waals surface area contributed by atoms with Crippen molar-refractivity contribution >= 4 is 15.9 Å². The van der Waals surface area contributed by atoms with Crippen LogP contribution in [0.4, 0.5) is 0 Å². The van der Waals surface area contributed by atoms with E-state index < -0.39 is 0 Å². The predicted octanol–water partition coefficient (Wildman–Crippen LogP) is 2.41. The van der Waals surface area contributed by atoms with Gasteiger partial charge in [-0.2, -0.15) is 0 Å². The Kier molecular flexibility index (Phi) is 3.71. The maximum absolute atomic E-state index is 5.18. The molecule has 0 aliphatic carbocycles. The molecule has 2 N–H and O–H groups in total. The highest BCUT2D eigenvalue weighted by Gasteiger charge is 2.14. The SMILES string of the molecule is COc1cccc(Br)c1C(C)ON. The van der Waals surface area contributed by atoms with E-state index in [1.54, 1.807) is 7.11 Å². The molecule has 0 radical (unpaired) electrons. The highest BCUT2D eigenvalue weighted by Crippen LogP contribution is 2.33. The second-order valence-corrected chi connectivity index (χ2v) is 3.49. The summed E-state index contributed by atoms with van der Waals surface area (Å²) in [5, 5.41) is 0. The monoisotopic (exact) mass is 245 g/mol. The van der Waals surface area contributed by atoms with Gasteiger partial charge in [0.15, 0.2) is 0 Å². The van der Waals surface area contributed by atoms with Crippen molar-refractivity contribution in [2.45, 2.75) is 13.0 Å². The quantitative estimate of drug-likeness (QED) is 0.833. The first-order chi connectivity index (χ1) is 6.20. The van der Waals surface area contributed by atoms with Crippen LogP contribution in [0.5, 0.6) is 5.75 Å². The van der Waals surface area contributed by atoms with Crippen LogP contribution < -0.4 is 10.6 Å². The molecule has 0 aliphatic heterocycles. The van der Waals surface area contributed by atoms with Crippen LogP contribution in [0, 0.1) is 0 Å². The summed E-state index contributed by atoms with van der Waals surface area (Å²) >= 11 is 3.41. The molecule has 3 nitrogen and oxygen atoms in total. The van der Waals surface area contributed by atoms with Crippen molar-refractivity contribution in [3.8, 4) is 5.75 Å². The van der Waals surface area contributed by atoms with Gasteiger partial charge in [-0.15, -0.1) is 0 Å². The van der Waals surface area contributed by atoms with E-state index in [1.807, 2.05) is 25.1 Å². The average molecular weight is 246 g/mol. The van der Waals surface area contributed by atoms with Gasteiger partial charge < -0.3 is 4.74 Å². The van der Waals surface area contributed by atoms with Gasteiger partial charge in [-0.05, 0) is 19.1 Å². The maximum Gasteiger partial charge on any atom is 0.125 e. The highest BCUT2D eigenvalue weighted by molar-refractivity contribution is 9.10. The lowest BCUT2D eigenvalue weighted by atomic mass is 10.1. The molecule has 0 fully saturated rings. The summed E-state index contributed by atoms with van der Waals surface area (Å²) < 4.78 is 6.12. The van der Waals surface area contributed by atoms with Crippen LogP contribution in [0.15, 0.2) is 22.7 Å². The van der Waals surface area contributed by atoms with Crippen molar-refractivity contribution in [3.05, 3.63) is 28.2 Å². The van der Waals surface area contributed by atoms with Crippen LogP contribution in [0.1, 0.15) is 18.6 Å². The molecule has 0 saturated heterocycles. The zero-order valence-electron chi connectivity index (χ0n) is 7.58. The Labute approximate surface area is 85.9 Å². The zero-order valence-corrected chi connectivity index (χ0v) is 9.17. The summed E-state index contributed by atoms with van der Waals surface area (Å²) in [6, 6.07) is 5.69. The largest absolute Gasteiger partial charge is 0.496 e. The third-order valence-corrected chi connectivity index (χ3v) is 2.53. The van der Waals surface area contributed by atoms with Crippen molar-refractivity contribution in [3.63, 3.8) is 0 Å². The summed E-state index contributed by atoms with van der Waals surface area (Å²) in [6.45, 7) is 1.86. The average Bonchev–Trinajstić information content (AvgIpc) is 2.16. The number of rotatable bonds is 3. The highest BCUT2D eigenvalue weighted by atomic mass is 79.9. The maximum atomic E-state index is 5.18. The van der Waals surface area contributed by atoms with Crippen molar-refractivity contribution in [1.29, 1.82) is 0 Å². The Morgan fingerprint density at radius 3 is 2.69 bits per heavy atom. The van der Waals surface area contributed by atoms with Gasteiger partial charge in [0.2, 0.25) is 0 Å². The van der Waals surface area contributed by atoms with Gasteiger partial charge >= 0.3 is 0 Å².